The Balaban J connectivity index is 2.03. The number of carbonyl (C=O) groups is 2. The van der Waals surface area contributed by atoms with Crippen LogP contribution in [0.1, 0.15) is 39.0 Å². The number of carboxylic acid groups (broad SMARTS) is 1. The second-order valence-corrected chi connectivity index (χ2v) is 4.99. The lowest BCUT2D eigenvalue weighted by Gasteiger charge is -2.34. The van der Waals surface area contributed by atoms with Gasteiger partial charge in [0.05, 0.1) is 5.92 Å². The summed E-state index contributed by atoms with van der Waals surface area (Å²) < 4.78 is 0. The van der Waals surface area contributed by atoms with Crippen LogP contribution in [0.2, 0.25) is 0 Å². The number of carboxylic acids is 1. The molecule has 2 atom stereocenters. The Morgan fingerprint density at radius 3 is 2.47 bits per heavy atom. The number of aliphatic carboxylic acids is 1. The third kappa shape index (κ3) is 2.13. The number of amides is 1. The first-order valence-corrected chi connectivity index (χ1v) is 5.52. The van der Waals surface area contributed by atoms with Crippen molar-refractivity contribution in [2.75, 3.05) is 0 Å². The SMILES string of the molecule is CC(=O)NC1CCC2(CC2)CC1C(=O)O. The first-order valence-electron chi connectivity index (χ1n) is 5.52. The van der Waals surface area contributed by atoms with Crippen molar-refractivity contribution in [1.82, 2.24) is 5.32 Å². The summed E-state index contributed by atoms with van der Waals surface area (Å²) >= 11 is 0. The van der Waals surface area contributed by atoms with E-state index >= 15 is 0 Å². The van der Waals surface area contributed by atoms with E-state index in [0.717, 1.165) is 19.3 Å². The number of rotatable bonds is 2. The highest BCUT2D eigenvalue weighted by Gasteiger charge is 2.50. The van der Waals surface area contributed by atoms with Gasteiger partial charge in [-0.1, -0.05) is 0 Å². The van der Waals surface area contributed by atoms with Gasteiger partial charge in [-0.05, 0) is 37.5 Å². The second kappa shape index (κ2) is 3.51. The molecule has 1 spiro atoms. The molecule has 2 aliphatic rings. The van der Waals surface area contributed by atoms with Gasteiger partial charge in [-0.3, -0.25) is 9.59 Å². The van der Waals surface area contributed by atoms with Crippen molar-refractivity contribution in [3.05, 3.63) is 0 Å². The van der Waals surface area contributed by atoms with Crippen LogP contribution in [0.3, 0.4) is 0 Å². The molecule has 2 N–H and O–H groups in total. The van der Waals surface area contributed by atoms with Gasteiger partial charge in [0.15, 0.2) is 0 Å². The Labute approximate surface area is 89.0 Å². The van der Waals surface area contributed by atoms with Gasteiger partial charge in [0.2, 0.25) is 5.91 Å². The first kappa shape index (κ1) is 10.5. The third-order valence-electron chi connectivity index (χ3n) is 3.79. The van der Waals surface area contributed by atoms with Crippen LogP contribution in [0.5, 0.6) is 0 Å². The fourth-order valence-electron chi connectivity index (χ4n) is 2.70. The summed E-state index contributed by atoms with van der Waals surface area (Å²) in [4.78, 5) is 22.1. The Morgan fingerprint density at radius 1 is 1.33 bits per heavy atom. The number of carbonyl (C=O) groups excluding carboxylic acids is 1. The zero-order valence-electron chi connectivity index (χ0n) is 8.95. The van der Waals surface area contributed by atoms with Crippen molar-refractivity contribution in [3.8, 4) is 0 Å². The molecule has 4 heteroatoms. The molecule has 2 fully saturated rings. The highest BCUT2D eigenvalue weighted by atomic mass is 16.4. The number of nitrogens with one attached hydrogen (secondary N) is 1. The van der Waals surface area contributed by atoms with Gasteiger partial charge in [0.1, 0.15) is 0 Å². The van der Waals surface area contributed by atoms with Crippen molar-refractivity contribution >= 4 is 11.9 Å². The zero-order valence-corrected chi connectivity index (χ0v) is 8.95. The largest absolute Gasteiger partial charge is 0.481 e. The van der Waals surface area contributed by atoms with Crippen LogP contribution in [-0.4, -0.2) is 23.0 Å². The molecule has 0 bridgehead atoms. The molecular weight excluding hydrogens is 194 g/mol. The van der Waals surface area contributed by atoms with Crippen LogP contribution in [0, 0.1) is 11.3 Å². The van der Waals surface area contributed by atoms with Gasteiger partial charge < -0.3 is 10.4 Å². The first-order chi connectivity index (χ1) is 7.02. The maximum atomic E-state index is 11.1. The summed E-state index contributed by atoms with van der Waals surface area (Å²) in [5, 5.41) is 11.9. The van der Waals surface area contributed by atoms with E-state index in [1.807, 2.05) is 0 Å². The van der Waals surface area contributed by atoms with E-state index in [4.69, 9.17) is 5.11 Å². The molecule has 2 saturated carbocycles. The lowest BCUT2D eigenvalue weighted by molar-refractivity contribution is -0.145. The zero-order chi connectivity index (χ0) is 11.1. The summed E-state index contributed by atoms with van der Waals surface area (Å²) in [6.45, 7) is 1.44. The molecule has 0 radical (unpaired) electrons. The molecule has 0 aromatic carbocycles. The molecule has 1 amide bonds. The molecule has 0 aromatic heterocycles. The predicted octanol–water partition coefficient (Wildman–Crippen LogP) is 1.16. The molecule has 4 nitrogen and oxygen atoms in total. The van der Waals surface area contributed by atoms with Gasteiger partial charge >= 0.3 is 5.97 Å². The van der Waals surface area contributed by atoms with Crippen LogP contribution >= 0.6 is 0 Å². The quantitative estimate of drug-likeness (QED) is 0.720. The summed E-state index contributed by atoms with van der Waals surface area (Å²) in [6, 6.07) is -0.161. The number of hydrogen-bond donors (Lipinski definition) is 2. The minimum Gasteiger partial charge on any atom is -0.481 e. The van der Waals surface area contributed by atoms with E-state index in [0.29, 0.717) is 5.41 Å². The van der Waals surface area contributed by atoms with E-state index in [1.165, 1.54) is 19.8 Å². The predicted molar refractivity (Wildman–Crippen MR) is 54.2 cm³/mol. The Hall–Kier alpha value is -1.06. The Bertz CT molecular complexity index is 296. The monoisotopic (exact) mass is 211 g/mol. The summed E-state index contributed by atoms with van der Waals surface area (Å²) in [6.07, 6.45) is 4.97. The Kier molecular flexibility index (Phi) is 2.44. The van der Waals surface area contributed by atoms with Crippen molar-refractivity contribution in [2.24, 2.45) is 11.3 Å². The maximum Gasteiger partial charge on any atom is 0.308 e. The lowest BCUT2D eigenvalue weighted by atomic mass is 9.76. The molecule has 2 unspecified atom stereocenters. The second-order valence-electron chi connectivity index (χ2n) is 4.99. The fraction of sp³-hybridized carbons (Fsp3) is 0.818. The van der Waals surface area contributed by atoms with E-state index in [1.54, 1.807) is 0 Å². The van der Waals surface area contributed by atoms with Crippen LogP contribution in [0.25, 0.3) is 0 Å². The molecule has 84 valence electrons. The molecule has 2 rings (SSSR count). The highest BCUT2D eigenvalue weighted by Crippen LogP contribution is 2.57. The molecule has 2 aliphatic carbocycles. The summed E-state index contributed by atoms with van der Waals surface area (Å²) in [5.74, 6) is -1.28. The van der Waals surface area contributed by atoms with Crippen molar-refractivity contribution in [1.29, 1.82) is 0 Å². The van der Waals surface area contributed by atoms with Crippen LogP contribution in [0.4, 0.5) is 0 Å². The minimum absolute atomic E-state index is 0.127. The van der Waals surface area contributed by atoms with Gasteiger partial charge in [-0.2, -0.15) is 0 Å². The molecule has 0 saturated heterocycles. The van der Waals surface area contributed by atoms with E-state index in [2.05, 4.69) is 5.32 Å². The summed E-state index contributed by atoms with van der Waals surface area (Å²) in [5.41, 5.74) is 0.317. The summed E-state index contributed by atoms with van der Waals surface area (Å²) in [7, 11) is 0. The molecule has 15 heavy (non-hydrogen) atoms. The van der Waals surface area contributed by atoms with Crippen LogP contribution in [-0.2, 0) is 9.59 Å². The van der Waals surface area contributed by atoms with Crippen LogP contribution < -0.4 is 5.32 Å². The van der Waals surface area contributed by atoms with E-state index in [9.17, 15) is 9.59 Å². The highest BCUT2D eigenvalue weighted by molar-refractivity contribution is 5.76. The lowest BCUT2D eigenvalue weighted by Crippen LogP contribution is -2.46. The smallest absolute Gasteiger partial charge is 0.308 e. The average Bonchev–Trinajstić information content (AvgIpc) is 2.88. The average molecular weight is 211 g/mol. The van der Waals surface area contributed by atoms with Gasteiger partial charge in [-0.15, -0.1) is 0 Å². The molecule has 0 aliphatic heterocycles. The van der Waals surface area contributed by atoms with E-state index in [-0.39, 0.29) is 17.9 Å². The fourth-order valence-corrected chi connectivity index (χ4v) is 2.70. The number of hydrogen-bond acceptors (Lipinski definition) is 2. The topological polar surface area (TPSA) is 66.4 Å². The normalized spacial score (nSPS) is 32.3. The standard InChI is InChI=1S/C11H17NO3/c1-7(13)12-9-2-3-11(4-5-11)6-8(9)10(14)15/h8-9H,2-6H2,1H3,(H,12,13)(H,14,15). The van der Waals surface area contributed by atoms with Crippen molar-refractivity contribution < 1.29 is 14.7 Å². The van der Waals surface area contributed by atoms with Crippen molar-refractivity contribution in [3.63, 3.8) is 0 Å². The van der Waals surface area contributed by atoms with Gasteiger partial charge in [0.25, 0.3) is 0 Å². The third-order valence-corrected chi connectivity index (χ3v) is 3.79. The molecular formula is C11H17NO3. The Morgan fingerprint density at radius 2 is 2.00 bits per heavy atom. The maximum absolute atomic E-state index is 11.1. The molecule has 0 aromatic rings. The van der Waals surface area contributed by atoms with Gasteiger partial charge in [-0.25, -0.2) is 0 Å². The minimum atomic E-state index is -0.764. The van der Waals surface area contributed by atoms with Crippen molar-refractivity contribution in [2.45, 2.75) is 45.1 Å². The van der Waals surface area contributed by atoms with Crippen LogP contribution in [0.15, 0.2) is 0 Å². The van der Waals surface area contributed by atoms with E-state index < -0.39 is 5.97 Å². The van der Waals surface area contributed by atoms with Gasteiger partial charge in [0, 0.05) is 13.0 Å². The molecule has 0 heterocycles.